The van der Waals surface area contributed by atoms with Crippen LogP contribution in [0.4, 0.5) is 0 Å². The SMILES string of the molecule is COCC(O)(Cc1ncnn1C(C)C)c1ccccc1. The second kappa shape index (κ2) is 6.15. The van der Waals surface area contributed by atoms with Gasteiger partial charge in [0.15, 0.2) is 0 Å². The van der Waals surface area contributed by atoms with Gasteiger partial charge in [-0.2, -0.15) is 5.10 Å². The number of nitrogens with zero attached hydrogens (tertiary/aromatic N) is 3. The van der Waals surface area contributed by atoms with Crippen molar-refractivity contribution in [2.45, 2.75) is 31.9 Å². The van der Waals surface area contributed by atoms with Crippen LogP contribution in [0, 0.1) is 0 Å². The highest BCUT2D eigenvalue weighted by Gasteiger charge is 2.32. The standard InChI is InChI=1S/C15H21N3O2/c1-12(2)18-14(16-11-17-18)9-15(19,10-20-3)13-7-5-4-6-8-13/h4-8,11-12,19H,9-10H2,1-3H3. The van der Waals surface area contributed by atoms with Crippen LogP contribution in [0.2, 0.25) is 0 Å². The molecule has 1 N–H and O–H groups in total. The summed E-state index contributed by atoms with van der Waals surface area (Å²) in [6, 6.07) is 9.74. The summed E-state index contributed by atoms with van der Waals surface area (Å²) in [6.07, 6.45) is 1.89. The molecular formula is C15H21N3O2. The van der Waals surface area contributed by atoms with Crippen molar-refractivity contribution >= 4 is 0 Å². The zero-order valence-corrected chi connectivity index (χ0v) is 12.2. The van der Waals surface area contributed by atoms with Crippen LogP contribution in [-0.2, 0) is 16.8 Å². The number of aromatic nitrogens is 3. The van der Waals surface area contributed by atoms with E-state index in [1.807, 2.05) is 48.9 Å². The number of hydrogen-bond acceptors (Lipinski definition) is 4. The number of hydrogen-bond donors (Lipinski definition) is 1. The Labute approximate surface area is 119 Å². The highest BCUT2D eigenvalue weighted by atomic mass is 16.5. The van der Waals surface area contributed by atoms with Crippen LogP contribution >= 0.6 is 0 Å². The van der Waals surface area contributed by atoms with Crippen molar-refractivity contribution in [3.63, 3.8) is 0 Å². The molecule has 2 aromatic rings. The number of methoxy groups -OCH3 is 1. The van der Waals surface area contributed by atoms with E-state index in [-0.39, 0.29) is 12.6 Å². The zero-order valence-electron chi connectivity index (χ0n) is 12.2. The fourth-order valence-electron chi connectivity index (χ4n) is 2.32. The Morgan fingerprint density at radius 3 is 2.60 bits per heavy atom. The van der Waals surface area contributed by atoms with Gasteiger partial charge in [0.2, 0.25) is 0 Å². The quantitative estimate of drug-likeness (QED) is 0.875. The first-order chi connectivity index (χ1) is 9.57. The summed E-state index contributed by atoms with van der Waals surface area (Å²) in [6.45, 7) is 4.29. The molecule has 1 unspecified atom stereocenters. The number of rotatable bonds is 6. The molecule has 1 atom stereocenters. The molecule has 0 aliphatic heterocycles. The average Bonchev–Trinajstić information content (AvgIpc) is 2.88. The van der Waals surface area contributed by atoms with Gasteiger partial charge in [-0.05, 0) is 19.4 Å². The topological polar surface area (TPSA) is 60.2 Å². The third-order valence-electron chi connectivity index (χ3n) is 3.28. The zero-order chi connectivity index (χ0) is 14.6. The highest BCUT2D eigenvalue weighted by molar-refractivity contribution is 5.24. The molecule has 0 aliphatic rings. The summed E-state index contributed by atoms with van der Waals surface area (Å²) < 4.78 is 7.03. The monoisotopic (exact) mass is 275 g/mol. The third-order valence-corrected chi connectivity index (χ3v) is 3.28. The lowest BCUT2D eigenvalue weighted by Crippen LogP contribution is -2.35. The maximum Gasteiger partial charge on any atom is 0.138 e. The Bertz CT molecular complexity index is 539. The second-order valence-corrected chi connectivity index (χ2v) is 5.22. The maximum absolute atomic E-state index is 11.0. The minimum atomic E-state index is -1.10. The molecule has 0 aliphatic carbocycles. The van der Waals surface area contributed by atoms with Crippen molar-refractivity contribution in [1.82, 2.24) is 14.8 Å². The van der Waals surface area contributed by atoms with E-state index in [1.54, 1.807) is 7.11 Å². The maximum atomic E-state index is 11.0. The molecule has 0 bridgehead atoms. The molecule has 1 aromatic carbocycles. The Morgan fingerprint density at radius 1 is 1.30 bits per heavy atom. The molecule has 0 amide bonds. The fraction of sp³-hybridized carbons (Fsp3) is 0.467. The molecule has 2 rings (SSSR count). The summed E-state index contributed by atoms with van der Waals surface area (Å²) in [7, 11) is 1.58. The molecule has 108 valence electrons. The van der Waals surface area contributed by atoms with E-state index in [4.69, 9.17) is 4.74 Å². The van der Waals surface area contributed by atoms with Gasteiger partial charge in [0, 0.05) is 19.6 Å². The Hall–Kier alpha value is -1.72. The van der Waals surface area contributed by atoms with Crippen molar-refractivity contribution in [1.29, 1.82) is 0 Å². The van der Waals surface area contributed by atoms with Crippen molar-refractivity contribution in [3.8, 4) is 0 Å². The van der Waals surface area contributed by atoms with Gasteiger partial charge < -0.3 is 9.84 Å². The minimum Gasteiger partial charge on any atom is -0.382 e. The van der Waals surface area contributed by atoms with Gasteiger partial charge in [-0.3, -0.25) is 0 Å². The lowest BCUT2D eigenvalue weighted by Gasteiger charge is -2.28. The van der Waals surface area contributed by atoms with E-state index >= 15 is 0 Å². The van der Waals surface area contributed by atoms with Crippen molar-refractivity contribution < 1.29 is 9.84 Å². The van der Waals surface area contributed by atoms with Crippen molar-refractivity contribution in [3.05, 3.63) is 48.0 Å². The van der Waals surface area contributed by atoms with Gasteiger partial charge in [-0.1, -0.05) is 30.3 Å². The van der Waals surface area contributed by atoms with Gasteiger partial charge in [-0.15, -0.1) is 0 Å². The molecule has 0 radical (unpaired) electrons. The third kappa shape index (κ3) is 3.05. The smallest absolute Gasteiger partial charge is 0.138 e. The van der Waals surface area contributed by atoms with Crippen LogP contribution in [-0.4, -0.2) is 33.6 Å². The Kier molecular flexibility index (Phi) is 4.52. The summed E-state index contributed by atoms with van der Waals surface area (Å²) in [5.41, 5.74) is -0.282. The van der Waals surface area contributed by atoms with Gasteiger partial charge in [-0.25, -0.2) is 9.67 Å². The molecule has 1 aromatic heterocycles. The van der Waals surface area contributed by atoms with Crippen LogP contribution in [0.25, 0.3) is 0 Å². The molecule has 0 fully saturated rings. The Morgan fingerprint density at radius 2 is 2.00 bits per heavy atom. The molecule has 5 heteroatoms. The largest absolute Gasteiger partial charge is 0.382 e. The summed E-state index contributed by atoms with van der Waals surface area (Å²) >= 11 is 0. The summed E-state index contributed by atoms with van der Waals surface area (Å²) in [5, 5.41) is 15.2. The predicted molar refractivity (Wildman–Crippen MR) is 76.3 cm³/mol. The van der Waals surface area contributed by atoms with Crippen molar-refractivity contribution in [2.75, 3.05) is 13.7 Å². The van der Waals surface area contributed by atoms with Crippen LogP contribution in [0.5, 0.6) is 0 Å². The Balaban J connectivity index is 2.32. The molecule has 20 heavy (non-hydrogen) atoms. The number of aliphatic hydroxyl groups is 1. The molecule has 0 spiro atoms. The molecular weight excluding hydrogens is 254 g/mol. The predicted octanol–water partition coefficient (Wildman–Crippen LogP) is 1.94. The second-order valence-electron chi connectivity index (χ2n) is 5.22. The molecule has 1 heterocycles. The molecule has 5 nitrogen and oxygen atoms in total. The van der Waals surface area contributed by atoms with E-state index in [0.29, 0.717) is 6.42 Å². The molecule has 0 saturated carbocycles. The van der Waals surface area contributed by atoms with E-state index in [1.165, 1.54) is 6.33 Å². The summed E-state index contributed by atoms with van der Waals surface area (Å²) in [5.74, 6) is 0.753. The number of benzene rings is 1. The first-order valence-corrected chi connectivity index (χ1v) is 6.72. The normalized spacial score (nSPS) is 14.4. The lowest BCUT2D eigenvalue weighted by molar-refractivity contribution is -0.0376. The first kappa shape index (κ1) is 14.7. The van der Waals surface area contributed by atoms with Gasteiger partial charge in [0.05, 0.1) is 6.61 Å². The van der Waals surface area contributed by atoms with Gasteiger partial charge in [0.1, 0.15) is 17.8 Å². The first-order valence-electron chi connectivity index (χ1n) is 6.72. The molecule has 0 saturated heterocycles. The van der Waals surface area contributed by atoms with Crippen LogP contribution < -0.4 is 0 Å². The van der Waals surface area contributed by atoms with E-state index in [0.717, 1.165) is 11.4 Å². The van der Waals surface area contributed by atoms with Gasteiger partial charge >= 0.3 is 0 Å². The van der Waals surface area contributed by atoms with E-state index in [2.05, 4.69) is 10.1 Å². The highest BCUT2D eigenvalue weighted by Crippen LogP contribution is 2.26. The van der Waals surface area contributed by atoms with Gasteiger partial charge in [0.25, 0.3) is 0 Å². The van der Waals surface area contributed by atoms with E-state index in [9.17, 15) is 5.11 Å². The minimum absolute atomic E-state index is 0.204. The van der Waals surface area contributed by atoms with E-state index < -0.39 is 5.60 Å². The van der Waals surface area contributed by atoms with Crippen LogP contribution in [0.3, 0.4) is 0 Å². The summed E-state index contributed by atoms with van der Waals surface area (Å²) in [4.78, 5) is 4.27. The lowest BCUT2D eigenvalue weighted by atomic mass is 9.91. The fourth-order valence-corrected chi connectivity index (χ4v) is 2.32. The number of ether oxygens (including phenoxy) is 1. The van der Waals surface area contributed by atoms with Crippen molar-refractivity contribution in [2.24, 2.45) is 0 Å². The van der Waals surface area contributed by atoms with Crippen LogP contribution in [0.1, 0.15) is 31.3 Å². The van der Waals surface area contributed by atoms with Crippen LogP contribution in [0.15, 0.2) is 36.7 Å². The average molecular weight is 275 g/mol.